The third-order valence-electron chi connectivity index (χ3n) is 6.43. The Balaban J connectivity index is 1.47. The molecule has 1 fully saturated rings. The highest BCUT2D eigenvalue weighted by Crippen LogP contribution is 2.36. The van der Waals surface area contributed by atoms with Crippen molar-refractivity contribution >= 4 is 5.97 Å². The smallest absolute Gasteiger partial charge is 0.338 e. The minimum atomic E-state index is -1.32. The summed E-state index contributed by atoms with van der Waals surface area (Å²) in [6.45, 7) is 2.12. The van der Waals surface area contributed by atoms with E-state index in [1.807, 2.05) is 12.1 Å². The summed E-state index contributed by atoms with van der Waals surface area (Å²) in [6, 6.07) is 18.4. The molecule has 0 spiro atoms. The number of carboxylic acids is 1. The summed E-state index contributed by atoms with van der Waals surface area (Å²) < 4.78 is 19.6. The fourth-order valence-electron chi connectivity index (χ4n) is 4.34. The highest BCUT2D eigenvalue weighted by Gasteiger charge is 2.21. The summed E-state index contributed by atoms with van der Waals surface area (Å²) in [7, 11) is 0. The maximum absolute atomic E-state index is 14.1. The van der Waals surface area contributed by atoms with Gasteiger partial charge in [-0.1, -0.05) is 54.8 Å². The fourth-order valence-corrected chi connectivity index (χ4v) is 4.34. The topological polar surface area (TPSA) is 76.2 Å². The lowest BCUT2D eigenvalue weighted by atomic mass is 9.91. The molecule has 0 amide bonds. The second-order valence-electron chi connectivity index (χ2n) is 8.95. The molecule has 0 atom stereocenters. The number of benzene rings is 3. The van der Waals surface area contributed by atoms with Crippen molar-refractivity contribution in [3.63, 3.8) is 0 Å². The van der Waals surface area contributed by atoms with Crippen molar-refractivity contribution in [2.75, 3.05) is 0 Å². The summed E-state index contributed by atoms with van der Waals surface area (Å²) >= 11 is 0. The molecule has 0 radical (unpaired) electrons. The average molecular weight is 457 g/mol. The van der Waals surface area contributed by atoms with E-state index < -0.39 is 17.3 Å². The van der Waals surface area contributed by atoms with Gasteiger partial charge in [0, 0.05) is 11.1 Å². The van der Waals surface area contributed by atoms with E-state index in [1.54, 1.807) is 0 Å². The van der Waals surface area contributed by atoms with Crippen molar-refractivity contribution in [3.8, 4) is 34.0 Å². The van der Waals surface area contributed by atoms with Crippen LogP contribution >= 0.6 is 0 Å². The Bertz CT molecular complexity index is 1360. The number of nitrogens with zero attached hydrogens (tertiary/aromatic N) is 2. The van der Waals surface area contributed by atoms with Gasteiger partial charge < -0.3 is 9.63 Å². The highest BCUT2D eigenvalue weighted by molar-refractivity contribution is 5.88. The van der Waals surface area contributed by atoms with Gasteiger partial charge in [-0.3, -0.25) is 0 Å². The van der Waals surface area contributed by atoms with Crippen molar-refractivity contribution in [2.24, 2.45) is 5.92 Å². The molecule has 1 aromatic heterocycles. The minimum Gasteiger partial charge on any atom is -0.478 e. The molecule has 172 valence electrons. The van der Waals surface area contributed by atoms with Crippen LogP contribution in [0.2, 0.25) is 0 Å². The maximum Gasteiger partial charge on any atom is 0.338 e. The number of aryl methyl sites for hydroxylation is 2. The molecule has 6 heteroatoms. The molecule has 4 aromatic rings. The molecule has 34 heavy (non-hydrogen) atoms. The molecule has 0 unspecified atom stereocenters. The van der Waals surface area contributed by atoms with Gasteiger partial charge in [-0.15, -0.1) is 0 Å². The van der Waals surface area contributed by atoms with Crippen LogP contribution in [-0.4, -0.2) is 21.2 Å². The van der Waals surface area contributed by atoms with Crippen molar-refractivity contribution in [1.82, 2.24) is 10.1 Å². The van der Waals surface area contributed by atoms with Gasteiger partial charge in [-0.05, 0) is 78.3 Å². The number of rotatable bonds is 8. The number of halogens is 1. The summed E-state index contributed by atoms with van der Waals surface area (Å²) in [4.78, 5) is 15.5. The zero-order valence-corrected chi connectivity index (χ0v) is 18.9. The number of aromatic carboxylic acids is 1. The first-order valence-corrected chi connectivity index (χ1v) is 11.6. The lowest BCUT2D eigenvalue weighted by molar-refractivity contribution is 0.0692. The quantitative estimate of drug-likeness (QED) is 0.310. The summed E-state index contributed by atoms with van der Waals surface area (Å²) in [5, 5.41) is 13.0. The molecular weight excluding hydrogens is 431 g/mol. The van der Waals surface area contributed by atoms with E-state index in [4.69, 9.17) is 9.63 Å². The molecule has 5 rings (SSSR count). The number of carboxylic acid groups (broad SMARTS) is 1. The van der Waals surface area contributed by atoms with Gasteiger partial charge in [0.15, 0.2) is 0 Å². The molecule has 0 bridgehead atoms. The predicted molar refractivity (Wildman–Crippen MR) is 128 cm³/mol. The second-order valence-corrected chi connectivity index (χ2v) is 8.95. The molecule has 3 aromatic carbocycles. The Morgan fingerprint density at radius 2 is 1.85 bits per heavy atom. The van der Waals surface area contributed by atoms with Crippen LogP contribution in [0.15, 0.2) is 65.2 Å². The van der Waals surface area contributed by atoms with Crippen molar-refractivity contribution < 1.29 is 18.8 Å². The molecule has 1 aliphatic rings. The Labute approximate surface area is 197 Å². The van der Waals surface area contributed by atoms with Crippen LogP contribution in [0, 0.1) is 18.7 Å². The Morgan fingerprint density at radius 3 is 2.59 bits per heavy atom. The molecule has 1 heterocycles. The number of hydrogen-bond donors (Lipinski definition) is 1. The normalized spacial score (nSPS) is 13.2. The van der Waals surface area contributed by atoms with Crippen LogP contribution in [-0.2, 0) is 6.42 Å². The van der Waals surface area contributed by atoms with E-state index in [-0.39, 0.29) is 5.82 Å². The predicted octanol–water partition coefficient (Wildman–Crippen LogP) is 6.95. The van der Waals surface area contributed by atoms with Gasteiger partial charge in [0.05, 0.1) is 5.56 Å². The Morgan fingerprint density at radius 1 is 1.06 bits per heavy atom. The van der Waals surface area contributed by atoms with Gasteiger partial charge in [-0.25, -0.2) is 9.18 Å². The first-order chi connectivity index (χ1) is 16.5. The Hall–Kier alpha value is -3.80. The highest BCUT2D eigenvalue weighted by atomic mass is 19.1. The van der Waals surface area contributed by atoms with Crippen molar-refractivity contribution in [3.05, 3.63) is 83.2 Å². The van der Waals surface area contributed by atoms with E-state index in [1.165, 1.54) is 53.6 Å². The van der Waals surface area contributed by atoms with Crippen molar-refractivity contribution in [1.29, 1.82) is 0 Å². The molecule has 1 saturated carbocycles. The first-order valence-electron chi connectivity index (χ1n) is 11.6. The Kier molecular flexibility index (Phi) is 5.97. The van der Waals surface area contributed by atoms with Crippen LogP contribution in [0.5, 0.6) is 0 Å². The van der Waals surface area contributed by atoms with Gasteiger partial charge in [0.25, 0.3) is 5.89 Å². The molecule has 1 N–H and O–H groups in total. The number of aromatic nitrogens is 2. The average Bonchev–Trinajstić information content (AvgIpc) is 3.52. The van der Waals surface area contributed by atoms with E-state index in [0.29, 0.717) is 11.5 Å². The summed E-state index contributed by atoms with van der Waals surface area (Å²) in [5.74, 6) is -0.712. The van der Waals surface area contributed by atoms with Gasteiger partial charge in [0.2, 0.25) is 5.82 Å². The van der Waals surface area contributed by atoms with E-state index in [9.17, 15) is 9.18 Å². The van der Waals surface area contributed by atoms with Crippen molar-refractivity contribution in [2.45, 2.75) is 39.0 Å². The zero-order chi connectivity index (χ0) is 23.7. The fraction of sp³-hybridized carbons (Fsp3) is 0.250. The SMILES string of the molecule is Cc1ccccc1-c1ccc(-c2nc(-c3ccc(C(=O)O)c(F)c3)no2)cc1CCCC1CC1. The van der Waals surface area contributed by atoms with E-state index >= 15 is 0 Å². The zero-order valence-electron chi connectivity index (χ0n) is 18.9. The van der Waals surface area contributed by atoms with E-state index in [2.05, 4.69) is 47.4 Å². The number of hydrogen-bond acceptors (Lipinski definition) is 4. The van der Waals surface area contributed by atoms with Gasteiger partial charge in [0.1, 0.15) is 5.82 Å². The summed E-state index contributed by atoms with van der Waals surface area (Å²) in [5.41, 5.74) is 5.67. The molecule has 0 saturated heterocycles. The molecule has 5 nitrogen and oxygen atoms in total. The standard InChI is InChI=1S/C28H25FN2O3/c1-17-5-2-3-8-22(17)23-13-12-21(15-19(23)7-4-6-18-9-10-18)27-30-26(31-34-27)20-11-14-24(28(32)33)25(29)16-20/h2-3,5,8,11-16,18H,4,6-7,9-10H2,1H3,(H,32,33). The molecule has 1 aliphatic carbocycles. The molecular formula is C28H25FN2O3. The van der Waals surface area contributed by atoms with Crippen LogP contribution in [0.3, 0.4) is 0 Å². The second kappa shape index (κ2) is 9.21. The van der Waals surface area contributed by atoms with Gasteiger partial charge in [-0.2, -0.15) is 4.98 Å². The van der Waals surface area contributed by atoms with Crippen LogP contribution in [0.4, 0.5) is 4.39 Å². The third-order valence-corrected chi connectivity index (χ3v) is 6.43. The largest absolute Gasteiger partial charge is 0.478 e. The van der Waals surface area contributed by atoms with E-state index in [0.717, 1.165) is 30.4 Å². The minimum absolute atomic E-state index is 0.212. The van der Waals surface area contributed by atoms with Crippen LogP contribution in [0.1, 0.15) is 47.2 Å². The molecule has 0 aliphatic heterocycles. The van der Waals surface area contributed by atoms with Crippen LogP contribution < -0.4 is 0 Å². The number of carbonyl (C=O) groups is 1. The lowest BCUT2D eigenvalue weighted by Gasteiger charge is -2.13. The monoisotopic (exact) mass is 456 g/mol. The maximum atomic E-state index is 14.1. The third kappa shape index (κ3) is 4.62. The van der Waals surface area contributed by atoms with Gasteiger partial charge >= 0.3 is 5.97 Å². The van der Waals surface area contributed by atoms with Crippen LogP contribution in [0.25, 0.3) is 34.0 Å². The lowest BCUT2D eigenvalue weighted by Crippen LogP contribution is -2.00. The summed E-state index contributed by atoms with van der Waals surface area (Å²) in [6.07, 6.45) is 6.06. The first kappa shape index (κ1) is 22.0.